The molecule has 2 heterocycles. The Balaban J connectivity index is 1.19. The maximum atomic E-state index is 13.1. The van der Waals surface area contributed by atoms with Crippen LogP contribution >= 0.6 is 0 Å². The van der Waals surface area contributed by atoms with Crippen molar-refractivity contribution in [3.05, 3.63) is 114 Å². The first-order chi connectivity index (χ1) is 19.0. The minimum Gasteiger partial charge on any atom is -0.493 e. The minimum atomic E-state index is -3.65. The van der Waals surface area contributed by atoms with Gasteiger partial charge in [-0.1, -0.05) is 48.5 Å². The van der Waals surface area contributed by atoms with Gasteiger partial charge in [0.15, 0.2) is 11.5 Å². The zero-order valence-electron chi connectivity index (χ0n) is 22.0. The molecule has 7 heteroatoms. The first-order valence-corrected chi connectivity index (χ1v) is 14.4. The van der Waals surface area contributed by atoms with Crippen LogP contribution in [0.15, 0.2) is 102 Å². The number of ether oxygens (including phenoxy) is 2. The molecule has 1 aliphatic rings. The molecule has 0 unspecified atom stereocenters. The second kappa shape index (κ2) is 10.2. The van der Waals surface area contributed by atoms with Crippen molar-refractivity contribution < 1.29 is 17.9 Å². The molecule has 1 aliphatic heterocycles. The Hall–Kier alpha value is -4.07. The molecular formula is C32H30N2O4S. The maximum Gasteiger partial charge on any atom is 0.268 e. The lowest BCUT2D eigenvalue weighted by atomic mass is 9.98. The Morgan fingerprint density at radius 3 is 2.18 bits per heavy atom. The Bertz CT molecular complexity index is 1740. The number of benzene rings is 4. The first-order valence-electron chi connectivity index (χ1n) is 12.9. The summed E-state index contributed by atoms with van der Waals surface area (Å²) >= 11 is 0. The van der Waals surface area contributed by atoms with Crippen LogP contribution in [0.4, 0.5) is 0 Å². The number of hydrogen-bond donors (Lipinski definition) is 0. The molecule has 198 valence electrons. The third kappa shape index (κ3) is 4.80. The average molecular weight is 539 g/mol. The smallest absolute Gasteiger partial charge is 0.268 e. The van der Waals surface area contributed by atoms with Crippen molar-refractivity contribution in [1.29, 1.82) is 0 Å². The Labute approximate surface area is 229 Å². The molecule has 0 amide bonds. The minimum absolute atomic E-state index is 0.276. The second-order valence-electron chi connectivity index (χ2n) is 9.84. The summed E-state index contributed by atoms with van der Waals surface area (Å²) in [6.45, 7) is 2.73. The molecule has 6 nitrogen and oxygen atoms in total. The van der Waals surface area contributed by atoms with Gasteiger partial charge in [-0.05, 0) is 76.7 Å². The van der Waals surface area contributed by atoms with Gasteiger partial charge in [0.05, 0.1) is 24.6 Å². The highest BCUT2D eigenvalue weighted by atomic mass is 32.2. The fraction of sp³-hybridized carbons (Fsp3) is 0.188. The van der Waals surface area contributed by atoms with Crippen LogP contribution in [0, 0.1) is 0 Å². The SMILES string of the molecule is COc1cc2c(cc1OC)CN(Cc1ccc(-c3ccc4c(ccn4S(=O)(=O)c4ccccc4)c3)cc1)CC2. The predicted octanol–water partition coefficient (Wildman–Crippen LogP) is 6.12. The quantitative estimate of drug-likeness (QED) is 0.250. The van der Waals surface area contributed by atoms with E-state index in [1.165, 1.54) is 20.7 Å². The molecule has 6 rings (SSSR count). The van der Waals surface area contributed by atoms with E-state index in [-0.39, 0.29) is 4.90 Å². The molecule has 0 spiro atoms. The van der Waals surface area contributed by atoms with Crippen LogP contribution in [0.3, 0.4) is 0 Å². The zero-order chi connectivity index (χ0) is 27.0. The van der Waals surface area contributed by atoms with Gasteiger partial charge in [-0.3, -0.25) is 4.90 Å². The summed E-state index contributed by atoms with van der Waals surface area (Å²) in [4.78, 5) is 2.73. The predicted molar refractivity (Wildman–Crippen MR) is 154 cm³/mol. The summed E-state index contributed by atoms with van der Waals surface area (Å²) in [5, 5.41) is 0.884. The molecule has 0 fully saturated rings. The highest BCUT2D eigenvalue weighted by Crippen LogP contribution is 2.34. The van der Waals surface area contributed by atoms with Crippen LogP contribution < -0.4 is 9.47 Å². The van der Waals surface area contributed by atoms with E-state index >= 15 is 0 Å². The largest absolute Gasteiger partial charge is 0.493 e. The van der Waals surface area contributed by atoms with E-state index in [9.17, 15) is 8.42 Å². The third-order valence-corrected chi connectivity index (χ3v) is 9.15. The van der Waals surface area contributed by atoms with Crippen LogP contribution in [-0.2, 0) is 29.5 Å². The van der Waals surface area contributed by atoms with Crippen molar-refractivity contribution in [1.82, 2.24) is 8.87 Å². The van der Waals surface area contributed by atoms with Crippen LogP contribution in [0.5, 0.6) is 11.5 Å². The number of nitrogens with zero attached hydrogens (tertiary/aromatic N) is 2. The van der Waals surface area contributed by atoms with Crippen LogP contribution in [0.25, 0.3) is 22.0 Å². The number of methoxy groups -OCH3 is 2. The summed E-state index contributed by atoms with van der Waals surface area (Å²) in [6, 6.07) is 29.1. The van der Waals surface area contributed by atoms with Gasteiger partial charge >= 0.3 is 0 Å². The Morgan fingerprint density at radius 2 is 1.46 bits per heavy atom. The number of rotatable bonds is 7. The summed E-state index contributed by atoms with van der Waals surface area (Å²) in [7, 11) is -0.300. The number of fused-ring (bicyclic) bond motifs is 2. The summed E-state index contributed by atoms with van der Waals surface area (Å²) in [5.74, 6) is 1.56. The summed E-state index contributed by atoms with van der Waals surface area (Å²) < 4.78 is 38.6. The standard InChI is InChI=1S/C32H30N2O4S/c1-37-31-19-26-14-16-33(22-28(26)20-32(31)38-2)21-23-8-10-24(11-9-23)25-12-13-30-27(18-25)15-17-34(30)39(35,36)29-6-4-3-5-7-29/h3-13,15,17-20H,14,16,21-22H2,1-2H3. The lowest BCUT2D eigenvalue weighted by Crippen LogP contribution is -2.30. The van der Waals surface area contributed by atoms with Gasteiger partial charge in [0.25, 0.3) is 10.0 Å². The van der Waals surface area contributed by atoms with E-state index in [4.69, 9.17) is 9.47 Å². The summed E-state index contributed by atoms with van der Waals surface area (Å²) in [5.41, 5.74) is 6.67. The fourth-order valence-electron chi connectivity index (χ4n) is 5.35. The molecular weight excluding hydrogens is 508 g/mol. The molecule has 0 saturated heterocycles. The van der Waals surface area contributed by atoms with Crippen LogP contribution in [0.2, 0.25) is 0 Å². The van der Waals surface area contributed by atoms with E-state index in [0.29, 0.717) is 5.52 Å². The fourth-order valence-corrected chi connectivity index (χ4v) is 6.72. The van der Waals surface area contributed by atoms with Gasteiger partial charge < -0.3 is 9.47 Å². The molecule has 0 aliphatic carbocycles. The zero-order valence-corrected chi connectivity index (χ0v) is 22.8. The van der Waals surface area contributed by atoms with Gasteiger partial charge in [0.1, 0.15) is 0 Å². The van der Waals surface area contributed by atoms with E-state index in [2.05, 4.69) is 41.3 Å². The van der Waals surface area contributed by atoms with Crippen molar-refractivity contribution in [3.8, 4) is 22.6 Å². The van der Waals surface area contributed by atoms with Crippen molar-refractivity contribution in [2.75, 3.05) is 20.8 Å². The molecule has 0 saturated carbocycles. The van der Waals surface area contributed by atoms with Crippen LogP contribution in [0.1, 0.15) is 16.7 Å². The van der Waals surface area contributed by atoms with Gasteiger partial charge in [-0.2, -0.15) is 0 Å². The van der Waals surface area contributed by atoms with Crippen molar-refractivity contribution in [3.63, 3.8) is 0 Å². The van der Waals surface area contributed by atoms with Crippen molar-refractivity contribution in [2.24, 2.45) is 0 Å². The molecule has 5 aromatic rings. The molecule has 0 atom stereocenters. The monoisotopic (exact) mass is 538 g/mol. The Kier molecular flexibility index (Phi) is 6.62. The highest BCUT2D eigenvalue weighted by Gasteiger charge is 2.20. The van der Waals surface area contributed by atoms with E-state index in [1.807, 2.05) is 30.3 Å². The lowest BCUT2D eigenvalue weighted by Gasteiger charge is -2.29. The van der Waals surface area contributed by atoms with Gasteiger partial charge in [-0.15, -0.1) is 0 Å². The molecule has 1 aromatic heterocycles. The van der Waals surface area contributed by atoms with Crippen LogP contribution in [-0.4, -0.2) is 38.1 Å². The topological polar surface area (TPSA) is 60.8 Å². The first kappa shape index (κ1) is 25.2. The van der Waals surface area contributed by atoms with E-state index in [1.54, 1.807) is 44.7 Å². The molecule has 4 aromatic carbocycles. The number of aromatic nitrogens is 1. The highest BCUT2D eigenvalue weighted by molar-refractivity contribution is 7.90. The molecule has 0 bridgehead atoms. The Morgan fingerprint density at radius 1 is 0.769 bits per heavy atom. The normalized spacial score (nSPS) is 13.8. The van der Waals surface area contributed by atoms with E-state index < -0.39 is 10.0 Å². The number of hydrogen-bond acceptors (Lipinski definition) is 5. The van der Waals surface area contributed by atoms with Gasteiger partial charge in [0, 0.05) is 31.2 Å². The second-order valence-corrected chi connectivity index (χ2v) is 11.7. The summed E-state index contributed by atoms with van der Waals surface area (Å²) in [6.07, 6.45) is 2.61. The molecule has 0 N–H and O–H groups in total. The lowest BCUT2D eigenvalue weighted by molar-refractivity contribution is 0.244. The third-order valence-electron chi connectivity index (χ3n) is 7.45. The van der Waals surface area contributed by atoms with Crippen molar-refractivity contribution in [2.45, 2.75) is 24.4 Å². The van der Waals surface area contributed by atoms with Gasteiger partial charge in [-0.25, -0.2) is 12.4 Å². The maximum absolute atomic E-state index is 13.1. The molecule has 39 heavy (non-hydrogen) atoms. The van der Waals surface area contributed by atoms with Gasteiger partial charge in [0.2, 0.25) is 0 Å². The average Bonchev–Trinajstić information content (AvgIpc) is 3.41. The molecule has 0 radical (unpaired) electrons. The van der Waals surface area contributed by atoms with Crippen molar-refractivity contribution >= 4 is 20.9 Å². The van der Waals surface area contributed by atoms with E-state index in [0.717, 1.165) is 54.1 Å².